The number of aryl methyl sites for hydroxylation is 1. The number of aromatic nitrogens is 1. The van der Waals surface area contributed by atoms with Gasteiger partial charge >= 0.3 is 0 Å². The summed E-state index contributed by atoms with van der Waals surface area (Å²) in [6, 6.07) is 10.1. The van der Waals surface area contributed by atoms with E-state index in [1.807, 2.05) is 19.1 Å². The highest BCUT2D eigenvalue weighted by atomic mass is 79.9. The van der Waals surface area contributed by atoms with Crippen molar-refractivity contribution in [1.82, 2.24) is 4.98 Å². The van der Waals surface area contributed by atoms with Crippen molar-refractivity contribution >= 4 is 15.9 Å². The number of aliphatic hydroxyl groups is 1. The number of halogens is 2. The number of hydrogen-bond donors (Lipinski definition) is 1. The Kier molecular flexibility index (Phi) is 4.09. The Morgan fingerprint density at radius 3 is 2.78 bits per heavy atom. The molecule has 94 valence electrons. The normalized spacial score (nSPS) is 12.4. The number of aliphatic hydroxyl groups excluding tert-OH is 1. The van der Waals surface area contributed by atoms with Crippen molar-refractivity contribution < 1.29 is 9.50 Å². The minimum Gasteiger partial charge on any atom is -0.386 e. The van der Waals surface area contributed by atoms with Crippen LogP contribution in [0.3, 0.4) is 0 Å². The van der Waals surface area contributed by atoms with E-state index >= 15 is 0 Å². The highest BCUT2D eigenvalue weighted by molar-refractivity contribution is 9.10. The van der Waals surface area contributed by atoms with Crippen LogP contribution in [0.15, 0.2) is 40.9 Å². The molecule has 1 N–H and O–H groups in total. The summed E-state index contributed by atoms with van der Waals surface area (Å²) in [7, 11) is 0. The van der Waals surface area contributed by atoms with Crippen LogP contribution >= 0.6 is 15.9 Å². The standard InChI is InChI=1S/C14H13BrFNO/c1-9-3-2-4-13(17-9)14(18)7-10-5-11(15)8-12(16)6-10/h2-6,8,14,18H,7H2,1H3. The maximum absolute atomic E-state index is 13.2. The minimum atomic E-state index is -0.724. The zero-order valence-corrected chi connectivity index (χ0v) is 11.5. The van der Waals surface area contributed by atoms with Gasteiger partial charge in [-0.25, -0.2) is 4.39 Å². The number of pyridine rings is 1. The lowest BCUT2D eigenvalue weighted by Crippen LogP contribution is -2.05. The van der Waals surface area contributed by atoms with Crippen molar-refractivity contribution in [1.29, 1.82) is 0 Å². The van der Waals surface area contributed by atoms with E-state index in [0.29, 0.717) is 16.6 Å². The maximum Gasteiger partial charge on any atom is 0.124 e. The van der Waals surface area contributed by atoms with Gasteiger partial charge in [-0.3, -0.25) is 4.98 Å². The van der Waals surface area contributed by atoms with E-state index in [-0.39, 0.29) is 5.82 Å². The molecule has 2 rings (SSSR count). The van der Waals surface area contributed by atoms with Gasteiger partial charge in [-0.1, -0.05) is 22.0 Å². The van der Waals surface area contributed by atoms with Crippen LogP contribution in [0.5, 0.6) is 0 Å². The smallest absolute Gasteiger partial charge is 0.124 e. The van der Waals surface area contributed by atoms with Crippen molar-refractivity contribution in [2.24, 2.45) is 0 Å². The van der Waals surface area contributed by atoms with Crippen LogP contribution in [0, 0.1) is 12.7 Å². The molecule has 0 aliphatic carbocycles. The van der Waals surface area contributed by atoms with Crippen LogP contribution in [0.2, 0.25) is 0 Å². The van der Waals surface area contributed by atoms with E-state index in [2.05, 4.69) is 20.9 Å². The fourth-order valence-corrected chi connectivity index (χ4v) is 2.32. The van der Waals surface area contributed by atoms with E-state index in [0.717, 1.165) is 11.3 Å². The molecule has 1 atom stereocenters. The van der Waals surface area contributed by atoms with Crippen LogP contribution in [0.25, 0.3) is 0 Å². The van der Waals surface area contributed by atoms with Crippen LogP contribution in [-0.2, 0) is 6.42 Å². The van der Waals surface area contributed by atoms with Crippen molar-refractivity contribution in [3.63, 3.8) is 0 Å². The summed E-state index contributed by atoms with van der Waals surface area (Å²) >= 11 is 3.23. The van der Waals surface area contributed by atoms with Crippen molar-refractivity contribution in [3.05, 3.63) is 63.6 Å². The van der Waals surface area contributed by atoms with Crippen LogP contribution in [0.1, 0.15) is 23.1 Å². The molecule has 1 aromatic carbocycles. The molecule has 2 aromatic rings. The fourth-order valence-electron chi connectivity index (χ4n) is 1.81. The molecule has 1 heterocycles. The topological polar surface area (TPSA) is 33.1 Å². The quantitative estimate of drug-likeness (QED) is 0.940. The summed E-state index contributed by atoms with van der Waals surface area (Å²) in [6.45, 7) is 1.87. The summed E-state index contributed by atoms with van der Waals surface area (Å²) in [5.74, 6) is -0.316. The average molecular weight is 310 g/mol. The zero-order valence-electron chi connectivity index (χ0n) is 9.90. The third-order valence-electron chi connectivity index (χ3n) is 2.60. The Morgan fingerprint density at radius 2 is 2.11 bits per heavy atom. The highest BCUT2D eigenvalue weighted by Gasteiger charge is 2.11. The molecule has 0 fully saturated rings. The third kappa shape index (κ3) is 3.37. The number of rotatable bonds is 3. The van der Waals surface area contributed by atoms with Crippen LogP contribution in [0.4, 0.5) is 4.39 Å². The summed E-state index contributed by atoms with van der Waals surface area (Å²) in [6.07, 6.45) is -0.383. The van der Waals surface area contributed by atoms with Crippen LogP contribution < -0.4 is 0 Å². The first-order chi connectivity index (χ1) is 8.54. The largest absolute Gasteiger partial charge is 0.386 e. The van der Waals surface area contributed by atoms with Gasteiger partial charge in [-0.2, -0.15) is 0 Å². The van der Waals surface area contributed by atoms with E-state index in [4.69, 9.17) is 0 Å². The van der Waals surface area contributed by atoms with Crippen molar-refractivity contribution in [2.45, 2.75) is 19.4 Å². The minimum absolute atomic E-state index is 0.316. The van der Waals surface area contributed by atoms with Gasteiger partial charge in [0.1, 0.15) is 5.82 Å². The monoisotopic (exact) mass is 309 g/mol. The summed E-state index contributed by atoms with van der Waals surface area (Å²) in [5, 5.41) is 10.1. The SMILES string of the molecule is Cc1cccc(C(O)Cc2cc(F)cc(Br)c2)n1. The lowest BCUT2D eigenvalue weighted by Gasteiger charge is -2.11. The second-order valence-corrected chi connectivity index (χ2v) is 5.12. The highest BCUT2D eigenvalue weighted by Crippen LogP contribution is 2.21. The first kappa shape index (κ1) is 13.2. The lowest BCUT2D eigenvalue weighted by molar-refractivity contribution is 0.173. The van der Waals surface area contributed by atoms with Crippen molar-refractivity contribution in [3.8, 4) is 0 Å². The van der Waals surface area contributed by atoms with Gasteiger partial charge in [0.2, 0.25) is 0 Å². The fraction of sp³-hybridized carbons (Fsp3) is 0.214. The Bertz CT molecular complexity index is 539. The predicted molar refractivity (Wildman–Crippen MR) is 71.7 cm³/mol. The van der Waals surface area contributed by atoms with Gasteiger partial charge in [0.15, 0.2) is 0 Å². The number of nitrogens with zero attached hydrogens (tertiary/aromatic N) is 1. The van der Waals surface area contributed by atoms with Gasteiger partial charge in [-0.15, -0.1) is 0 Å². The molecule has 1 aromatic heterocycles. The Morgan fingerprint density at radius 1 is 1.33 bits per heavy atom. The summed E-state index contributed by atoms with van der Waals surface area (Å²) in [5.41, 5.74) is 2.19. The molecule has 0 aliphatic heterocycles. The molecule has 18 heavy (non-hydrogen) atoms. The molecule has 0 amide bonds. The van der Waals surface area contributed by atoms with Gasteiger partial charge < -0.3 is 5.11 Å². The second kappa shape index (κ2) is 5.59. The Labute approximate surface area is 114 Å². The third-order valence-corrected chi connectivity index (χ3v) is 3.06. The first-order valence-electron chi connectivity index (χ1n) is 5.61. The number of hydrogen-bond acceptors (Lipinski definition) is 2. The molecule has 0 spiro atoms. The maximum atomic E-state index is 13.2. The Balaban J connectivity index is 2.18. The molecule has 2 nitrogen and oxygen atoms in total. The van der Waals surface area contributed by atoms with E-state index in [9.17, 15) is 9.50 Å². The number of benzene rings is 1. The van der Waals surface area contributed by atoms with E-state index < -0.39 is 6.10 Å². The van der Waals surface area contributed by atoms with Gasteiger partial charge in [0.25, 0.3) is 0 Å². The van der Waals surface area contributed by atoms with E-state index in [1.54, 1.807) is 12.1 Å². The molecular formula is C14H13BrFNO. The molecule has 0 aliphatic rings. The second-order valence-electron chi connectivity index (χ2n) is 4.20. The first-order valence-corrected chi connectivity index (χ1v) is 6.40. The molecule has 4 heteroatoms. The van der Waals surface area contributed by atoms with Gasteiger partial charge in [0, 0.05) is 16.6 Å². The molecule has 0 radical (unpaired) electrons. The average Bonchev–Trinajstić information content (AvgIpc) is 2.27. The molecule has 1 unspecified atom stereocenters. The van der Waals surface area contributed by atoms with E-state index in [1.165, 1.54) is 12.1 Å². The molecule has 0 bridgehead atoms. The summed E-state index contributed by atoms with van der Waals surface area (Å²) in [4.78, 5) is 4.26. The molecule has 0 saturated heterocycles. The van der Waals surface area contributed by atoms with Gasteiger partial charge in [-0.05, 0) is 42.8 Å². The van der Waals surface area contributed by atoms with Crippen molar-refractivity contribution in [2.75, 3.05) is 0 Å². The molecular weight excluding hydrogens is 297 g/mol. The summed E-state index contributed by atoms with van der Waals surface area (Å²) < 4.78 is 13.9. The van der Waals surface area contributed by atoms with Crippen LogP contribution in [-0.4, -0.2) is 10.1 Å². The molecule has 0 saturated carbocycles. The van der Waals surface area contributed by atoms with Gasteiger partial charge in [0.05, 0.1) is 11.8 Å². The predicted octanol–water partition coefficient (Wildman–Crippen LogP) is 3.57. The lowest BCUT2D eigenvalue weighted by atomic mass is 10.0. The Hall–Kier alpha value is -1.26. The zero-order chi connectivity index (χ0) is 13.1.